The number of hydrogen-bond donors (Lipinski definition) is 1. The van der Waals surface area contributed by atoms with Gasteiger partial charge in [-0.3, -0.25) is 10.1 Å². The van der Waals surface area contributed by atoms with Gasteiger partial charge in [0.25, 0.3) is 5.69 Å². The molecule has 1 N–H and O–H groups in total. The number of non-ortho nitro benzene ring substituents is 1. The molecule has 3 rings (SSSR count). The van der Waals surface area contributed by atoms with Gasteiger partial charge in [-0.05, 0) is 31.7 Å². The lowest BCUT2D eigenvalue weighted by Crippen LogP contribution is -2.43. The molecular weight excluding hydrogens is 278 g/mol. The van der Waals surface area contributed by atoms with Crippen molar-refractivity contribution in [1.82, 2.24) is 5.32 Å². The Labute approximate surface area is 123 Å². The monoisotopic (exact) mass is 295 g/mol. The summed E-state index contributed by atoms with van der Waals surface area (Å²) in [5.41, 5.74) is 0.950. The highest BCUT2D eigenvalue weighted by atomic mass is 35.5. The fourth-order valence-corrected chi connectivity index (χ4v) is 3.03. The van der Waals surface area contributed by atoms with Crippen molar-refractivity contribution in [3.05, 3.63) is 33.3 Å². The smallest absolute Gasteiger partial charge is 0.271 e. The van der Waals surface area contributed by atoms with Crippen LogP contribution < -0.4 is 10.2 Å². The Morgan fingerprint density at radius 2 is 1.85 bits per heavy atom. The molecule has 108 valence electrons. The Morgan fingerprint density at radius 1 is 1.20 bits per heavy atom. The average molecular weight is 296 g/mol. The van der Waals surface area contributed by atoms with Crippen molar-refractivity contribution in [3.63, 3.8) is 0 Å². The molecule has 1 saturated carbocycles. The molecule has 2 fully saturated rings. The van der Waals surface area contributed by atoms with Gasteiger partial charge < -0.3 is 10.2 Å². The zero-order valence-electron chi connectivity index (χ0n) is 11.2. The maximum atomic E-state index is 10.7. The fourth-order valence-electron chi connectivity index (χ4n) is 2.74. The maximum absolute atomic E-state index is 10.7. The molecule has 6 heteroatoms. The first-order chi connectivity index (χ1) is 9.63. The van der Waals surface area contributed by atoms with Gasteiger partial charge in [-0.1, -0.05) is 11.6 Å². The molecule has 0 aromatic heterocycles. The molecule has 1 saturated heterocycles. The molecule has 1 aliphatic carbocycles. The van der Waals surface area contributed by atoms with Gasteiger partial charge in [-0.2, -0.15) is 0 Å². The Bertz CT molecular complexity index is 511. The lowest BCUT2D eigenvalue weighted by molar-refractivity contribution is -0.384. The molecule has 20 heavy (non-hydrogen) atoms. The fraction of sp³-hybridized carbons (Fsp3) is 0.571. The van der Waals surface area contributed by atoms with Crippen LogP contribution in [0.4, 0.5) is 11.4 Å². The van der Waals surface area contributed by atoms with Crippen molar-refractivity contribution in [3.8, 4) is 0 Å². The standard InChI is InChI=1S/C14H18ClN3O2/c15-13-9-12(18(19)20)3-4-14(13)17-7-5-11(6-8-17)16-10-1-2-10/h3-4,9-11,16H,1-2,5-8H2. The zero-order valence-corrected chi connectivity index (χ0v) is 12.0. The highest BCUT2D eigenvalue weighted by molar-refractivity contribution is 6.33. The van der Waals surface area contributed by atoms with Gasteiger partial charge in [-0.15, -0.1) is 0 Å². The Hall–Kier alpha value is -1.33. The lowest BCUT2D eigenvalue weighted by Gasteiger charge is -2.34. The van der Waals surface area contributed by atoms with E-state index >= 15 is 0 Å². The summed E-state index contributed by atoms with van der Waals surface area (Å²) in [6.45, 7) is 1.89. The van der Waals surface area contributed by atoms with Crippen LogP contribution in [0.15, 0.2) is 18.2 Å². The molecule has 1 aliphatic heterocycles. The second-order valence-corrected chi connectivity index (χ2v) is 6.00. The maximum Gasteiger partial charge on any atom is 0.271 e. The van der Waals surface area contributed by atoms with Crippen LogP contribution in [0.3, 0.4) is 0 Å². The number of benzene rings is 1. The van der Waals surface area contributed by atoms with Crippen LogP contribution in [0.1, 0.15) is 25.7 Å². The number of hydrogen-bond acceptors (Lipinski definition) is 4. The summed E-state index contributed by atoms with van der Waals surface area (Å²) in [6, 6.07) is 6.07. The average Bonchev–Trinajstić information content (AvgIpc) is 3.24. The van der Waals surface area contributed by atoms with Crippen molar-refractivity contribution >= 4 is 23.0 Å². The SMILES string of the molecule is O=[N+]([O-])c1ccc(N2CCC(NC3CC3)CC2)c(Cl)c1. The van der Waals surface area contributed by atoms with Crippen molar-refractivity contribution in [2.75, 3.05) is 18.0 Å². The van der Waals surface area contributed by atoms with E-state index in [2.05, 4.69) is 10.2 Å². The second kappa shape index (κ2) is 5.58. The zero-order chi connectivity index (χ0) is 14.1. The molecule has 0 radical (unpaired) electrons. The summed E-state index contributed by atoms with van der Waals surface area (Å²) in [4.78, 5) is 12.5. The summed E-state index contributed by atoms with van der Waals surface area (Å²) in [5.74, 6) is 0. The first-order valence-corrected chi connectivity index (χ1v) is 7.46. The molecule has 1 heterocycles. The van der Waals surface area contributed by atoms with Crippen molar-refractivity contribution in [2.24, 2.45) is 0 Å². The van der Waals surface area contributed by atoms with Gasteiger partial charge in [0.05, 0.1) is 15.6 Å². The van der Waals surface area contributed by atoms with Crippen LogP contribution >= 0.6 is 11.6 Å². The first-order valence-electron chi connectivity index (χ1n) is 7.08. The van der Waals surface area contributed by atoms with E-state index in [1.807, 2.05) is 0 Å². The number of halogens is 1. The highest BCUT2D eigenvalue weighted by Crippen LogP contribution is 2.32. The topological polar surface area (TPSA) is 58.4 Å². The van der Waals surface area contributed by atoms with Gasteiger partial charge in [-0.25, -0.2) is 0 Å². The Balaban J connectivity index is 1.63. The molecule has 0 bridgehead atoms. The molecule has 5 nitrogen and oxygen atoms in total. The number of anilines is 1. The van der Waals surface area contributed by atoms with E-state index < -0.39 is 4.92 Å². The van der Waals surface area contributed by atoms with Gasteiger partial charge in [0.1, 0.15) is 0 Å². The molecule has 2 aliphatic rings. The normalized spacial score (nSPS) is 20.1. The lowest BCUT2D eigenvalue weighted by atomic mass is 10.0. The van der Waals surface area contributed by atoms with Crippen LogP contribution in [-0.2, 0) is 0 Å². The number of nitrogens with zero attached hydrogens (tertiary/aromatic N) is 2. The first kappa shape index (κ1) is 13.6. The predicted octanol–water partition coefficient (Wildman–Crippen LogP) is 2.97. The number of nitro groups is 1. The van der Waals surface area contributed by atoms with Crippen molar-refractivity contribution in [2.45, 2.75) is 37.8 Å². The van der Waals surface area contributed by atoms with E-state index in [0.717, 1.165) is 37.7 Å². The molecular formula is C14H18ClN3O2. The molecule has 0 atom stereocenters. The quantitative estimate of drug-likeness (QED) is 0.685. The van der Waals surface area contributed by atoms with Crippen molar-refractivity contribution in [1.29, 1.82) is 0 Å². The van der Waals surface area contributed by atoms with E-state index in [4.69, 9.17) is 11.6 Å². The molecule has 1 aromatic rings. The van der Waals surface area contributed by atoms with E-state index in [1.165, 1.54) is 25.0 Å². The summed E-state index contributed by atoms with van der Waals surface area (Å²) in [6.07, 6.45) is 4.83. The van der Waals surface area contributed by atoms with Gasteiger partial charge in [0, 0.05) is 37.3 Å². The third-order valence-electron chi connectivity index (χ3n) is 4.03. The third kappa shape index (κ3) is 3.04. The van der Waals surface area contributed by atoms with Gasteiger partial charge >= 0.3 is 0 Å². The van der Waals surface area contributed by atoms with Crippen molar-refractivity contribution < 1.29 is 4.92 Å². The minimum absolute atomic E-state index is 0.0454. The van der Waals surface area contributed by atoms with Crippen LogP contribution in [0.2, 0.25) is 5.02 Å². The summed E-state index contributed by atoms with van der Waals surface area (Å²) in [5, 5.41) is 14.8. The number of piperidine rings is 1. The van der Waals surface area contributed by atoms with Crippen LogP contribution in [0.25, 0.3) is 0 Å². The van der Waals surface area contributed by atoms with E-state index in [9.17, 15) is 10.1 Å². The Morgan fingerprint density at radius 3 is 2.40 bits per heavy atom. The van der Waals surface area contributed by atoms with E-state index in [0.29, 0.717) is 11.1 Å². The molecule has 0 spiro atoms. The van der Waals surface area contributed by atoms with Gasteiger partial charge in [0.15, 0.2) is 0 Å². The number of rotatable bonds is 4. The van der Waals surface area contributed by atoms with E-state index in [-0.39, 0.29) is 5.69 Å². The molecule has 0 amide bonds. The second-order valence-electron chi connectivity index (χ2n) is 5.60. The largest absolute Gasteiger partial charge is 0.370 e. The van der Waals surface area contributed by atoms with Crippen LogP contribution in [-0.4, -0.2) is 30.1 Å². The Kier molecular flexibility index (Phi) is 3.81. The highest BCUT2D eigenvalue weighted by Gasteiger charge is 2.27. The number of nitro benzene ring substituents is 1. The summed E-state index contributed by atoms with van der Waals surface area (Å²) >= 11 is 6.18. The minimum Gasteiger partial charge on any atom is -0.370 e. The predicted molar refractivity (Wildman–Crippen MR) is 79.5 cm³/mol. The van der Waals surface area contributed by atoms with Crippen LogP contribution in [0, 0.1) is 10.1 Å². The third-order valence-corrected chi connectivity index (χ3v) is 4.33. The number of nitrogens with one attached hydrogen (secondary N) is 1. The van der Waals surface area contributed by atoms with E-state index in [1.54, 1.807) is 6.07 Å². The molecule has 1 aromatic carbocycles. The van der Waals surface area contributed by atoms with Crippen LogP contribution in [0.5, 0.6) is 0 Å². The summed E-state index contributed by atoms with van der Waals surface area (Å²) < 4.78 is 0. The van der Waals surface area contributed by atoms with Gasteiger partial charge in [0.2, 0.25) is 0 Å². The summed E-state index contributed by atoms with van der Waals surface area (Å²) in [7, 11) is 0. The minimum atomic E-state index is -0.415. The molecule has 0 unspecified atom stereocenters.